The predicted octanol–water partition coefficient (Wildman–Crippen LogP) is 3.60. The summed E-state index contributed by atoms with van der Waals surface area (Å²) in [4.78, 5) is 26.4. The minimum absolute atomic E-state index is 0.0611. The third-order valence-electron chi connectivity index (χ3n) is 4.80. The summed E-state index contributed by atoms with van der Waals surface area (Å²) in [5.74, 6) is -0.284. The molecule has 1 aliphatic rings. The molecule has 1 N–H and O–H groups in total. The number of aryl methyl sites for hydroxylation is 1. The van der Waals surface area contributed by atoms with Crippen molar-refractivity contribution in [2.24, 2.45) is 0 Å². The molecule has 1 unspecified atom stereocenters. The highest BCUT2D eigenvalue weighted by Crippen LogP contribution is 2.25. The van der Waals surface area contributed by atoms with Gasteiger partial charge in [-0.05, 0) is 55.2 Å². The van der Waals surface area contributed by atoms with Crippen molar-refractivity contribution in [3.8, 4) is 11.8 Å². The van der Waals surface area contributed by atoms with Crippen molar-refractivity contribution < 1.29 is 23.1 Å². The van der Waals surface area contributed by atoms with Gasteiger partial charge in [-0.1, -0.05) is 24.3 Å². The Kier molecular flexibility index (Phi) is 5.78. The number of carbonyl (C=O) groups excluding carboxylic acids is 2. The molecule has 1 heterocycles. The molecule has 3 amide bonds. The number of nitriles is 1. The van der Waals surface area contributed by atoms with Gasteiger partial charge in [-0.15, -0.1) is 0 Å². The quantitative estimate of drug-likeness (QED) is 0.721. The number of hydrogen-bond acceptors (Lipinski definition) is 4. The van der Waals surface area contributed by atoms with Crippen LogP contribution in [0.2, 0.25) is 0 Å². The van der Waals surface area contributed by atoms with Crippen molar-refractivity contribution in [2.45, 2.75) is 38.5 Å². The van der Waals surface area contributed by atoms with Crippen LogP contribution in [0, 0.1) is 11.3 Å². The highest BCUT2D eigenvalue weighted by atomic mass is 19.3. The molecule has 0 aliphatic carbocycles. The molecule has 3 rings (SSSR count). The maximum absolute atomic E-state index is 12.9. The Bertz CT molecular complexity index is 956. The van der Waals surface area contributed by atoms with Crippen molar-refractivity contribution in [3.05, 3.63) is 65.2 Å². The van der Waals surface area contributed by atoms with E-state index in [0.717, 1.165) is 10.5 Å². The van der Waals surface area contributed by atoms with Gasteiger partial charge in [-0.25, -0.2) is 4.79 Å². The summed E-state index contributed by atoms with van der Waals surface area (Å²) >= 11 is 0. The van der Waals surface area contributed by atoms with Gasteiger partial charge in [-0.3, -0.25) is 9.69 Å². The molecule has 29 heavy (non-hydrogen) atoms. The van der Waals surface area contributed by atoms with Gasteiger partial charge in [0.2, 0.25) is 0 Å². The molecule has 6 nitrogen and oxygen atoms in total. The minimum Gasteiger partial charge on any atom is -0.435 e. The average molecular weight is 399 g/mol. The molecule has 0 bridgehead atoms. The van der Waals surface area contributed by atoms with E-state index in [1.807, 2.05) is 6.07 Å². The lowest BCUT2D eigenvalue weighted by atomic mass is 9.93. The summed E-state index contributed by atoms with van der Waals surface area (Å²) in [6.45, 7) is -1.14. The fourth-order valence-corrected chi connectivity index (χ4v) is 3.21. The van der Waals surface area contributed by atoms with Gasteiger partial charge in [0.05, 0.1) is 18.2 Å². The molecular weight excluding hydrogens is 380 g/mol. The summed E-state index contributed by atoms with van der Waals surface area (Å²) in [5.41, 5.74) is 0.903. The van der Waals surface area contributed by atoms with Crippen LogP contribution in [0.3, 0.4) is 0 Å². The average Bonchev–Trinajstić information content (AvgIpc) is 2.91. The molecule has 0 saturated carbocycles. The number of hydrogen-bond donors (Lipinski definition) is 1. The number of ether oxygens (including phenoxy) is 1. The third kappa shape index (κ3) is 4.69. The van der Waals surface area contributed by atoms with Gasteiger partial charge in [0, 0.05) is 0 Å². The second-order valence-electron chi connectivity index (χ2n) is 6.99. The normalized spacial score (nSPS) is 18.7. The Hall–Kier alpha value is -3.47. The number of alkyl halides is 2. The topological polar surface area (TPSA) is 82.4 Å². The van der Waals surface area contributed by atoms with Crippen LogP contribution >= 0.6 is 0 Å². The Labute approximate surface area is 166 Å². The summed E-state index contributed by atoms with van der Waals surface area (Å²) in [6.07, 6.45) is 0.816. The van der Waals surface area contributed by atoms with Gasteiger partial charge in [0.1, 0.15) is 11.3 Å². The molecule has 1 fully saturated rings. The zero-order chi connectivity index (χ0) is 21.0. The van der Waals surface area contributed by atoms with Crippen molar-refractivity contribution >= 4 is 11.9 Å². The SMILES string of the molecule is CC1(CCc2ccc(OC(F)F)cc2)NC(=O)N(Cc2cccc(C#N)c2)C1=O. The van der Waals surface area contributed by atoms with Crippen molar-refractivity contribution in [2.75, 3.05) is 0 Å². The molecule has 1 aliphatic heterocycles. The monoisotopic (exact) mass is 399 g/mol. The minimum atomic E-state index is -2.88. The lowest BCUT2D eigenvalue weighted by Gasteiger charge is -2.21. The molecule has 0 spiro atoms. The van der Waals surface area contributed by atoms with E-state index >= 15 is 0 Å². The summed E-state index contributed by atoms with van der Waals surface area (Å²) < 4.78 is 28.8. The summed E-state index contributed by atoms with van der Waals surface area (Å²) in [7, 11) is 0. The lowest BCUT2D eigenvalue weighted by molar-refractivity contribution is -0.131. The van der Waals surface area contributed by atoms with Crippen LogP contribution in [0.1, 0.15) is 30.0 Å². The van der Waals surface area contributed by atoms with Crippen molar-refractivity contribution in [3.63, 3.8) is 0 Å². The number of rotatable bonds is 7. The Balaban J connectivity index is 1.65. The van der Waals surface area contributed by atoms with E-state index in [1.165, 1.54) is 12.1 Å². The predicted molar refractivity (Wildman–Crippen MR) is 100 cm³/mol. The molecule has 0 radical (unpaired) electrons. The van der Waals surface area contributed by atoms with Gasteiger partial charge in [-0.2, -0.15) is 14.0 Å². The second kappa shape index (κ2) is 8.27. The van der Waals surface area contributed by atoms with Crippen LogP contribution in [0.5, 0.6) is 5.75 Å². The number of imide groups is 1. The van der Waals surface area contributed by atoms with Crippen molar-refractivity contribution in [1.29, 1.82) is 5.26 Å². The van der Waals surface area contributed by atoms with Gasteiger partial charge in [0.25, 0.3) is 5.91 Å². The maximum Gasteiger partial charge on any atom is 0.387 e. The Morgan fingerprint density at radius 2 is 1.90 bits per heavy atom. The summed E-state index contributed by atoms with van der Waals surface area (Å²) in [5, 5.41) is 11.7. The number of benzene rings is 2. The van der Waals surface area contributed by atoms with E-state index in [1.54, 1.807) is 43.3 Å². The maximum atomic E-state index is 12.9. The standard InChI is InChI=1S/C21H19F2N3O3/c1-21(10-9-14-5-7-17(8-6-14)29-19(22)23)18(27)26(20(28)25-21)13-16-4-2-3-15(11-16)12-24/h2-8,11,19H,9-10,13H2,1H3,(H,25,28). The van der Waals surface area contributed by atoms with Crippen molar-refractivity contribution in [1.82, 2.24) is 10.2 Å². The van der Waals surface area contributed by atoms with Crippen LogP contribution in [0.25, 0.3) is 0 Å². The zero-order valence-corrected chi connectivity index (χ0v) is 15.7. The highest BCUT2D eigenvalue weighted by Gasteiger charge is 2.47. The van der Waals surface area contributed by atoms with Crippen LogP contribution in [0.4, 0.5) is 13.6 Å². The number of urea groups is 1. The Morgan fingerprint density at radius 1 is 1.17 bits per heavy atom. The molecule has 150 valence electrons. The number of halogens is 2. The van der Waals surface area contributed by atoms with E-state index in [-0.39, 0.29) is 18.2 Å². The molecule has 1 atom stereocenters. The van der Waals surface area contributed by atoms with Crippen LogP contribution < -0.4 is 10.1 Å². The van der Waals surface area contributed by atoms with E-state index in [4.69, 9.17) is 5.26 Å². The second-order valence-corrected chi connectivity index (χ2v) is 6.99. The van der Waals surface area contributed by atoms with Gasteiger partial charge >= 0.3 is 12.6 Å². The van der Waals surface area contributed by atoms with E-state index in [0.29, 0.717) is 24.0 Å². The smallest absolute Gasteiger partial charge is 0.387 e. The largest absolute Gasteiger partial charge is 0.435 e. The van der Waals surface area contributed by atoms with Crippen LogP contribution in [-0.4, -0.2) is 29.0 Å². The molecule has 1 saturated heterocycles. The zero-order valence-electron chi connectivity index (χ0n) is 15.7. The number of amides is 3. The number of nitrogens with zero attached hydrogens (tertiary/aromatic N) is 2. The van der Waals surface area contributed by atoms with Crippen LogP contribution in [0.15, 0.2) is 48.5 Å². The molecule has 0 aromatic heterocycles. The van der Waals surface area contributed by atoms with E-state index in [2.05, 4.69) is 10.1 Å². The fourth-order valence-electron chi connectivity index (χ4n) is 3.21. The molecule has 2 aromatic rings. The molecule has 8 heteroatoms. The Morgan fingerprint density at radius 3 is 2.55 bits per heavy atom. The van der Waals surface area contributed by atoms with E-state index < -0.39 is 18.2 Å². The third-order valence-corrected chi connectivity index (χ3v) is 4.80. The first-order valence-electron chi connectivity index (χ1n) is 8.97. The van der Waals surface area contributed by atoms with Gasteiger partial charge < -0.3 is 10.1 Å². The van der Waals surface area contributed by atoms with E-state index in [9.17, 15) is 18.4 Å². The number of carbonyl (C=O) groups is 2. The highest BCUT2D eigenvalue weighted by molar-refractivity contribution is 6.06. The first kappa shape index (κ1) is 20.3. The fraction of sp³-hybridized carbons (Fsp3) is 0.286. The lowest BCUT2D eigenvalue weighted by Crippen LogP contribution is -2.44. The first-order chi connectivity index (χ1) is 13.8. The summed E-state index contributed by atoms with van der Waals surface area (Å²) in [6, 6.07) is 14.5. The molecular formula is C21H19F2N3O3. The molecule has 2 aromatic carbocycles. The number of nitrogens with one attached hydrogen (secondary N) is 1. The first-order valence-corrected chi connectivity index (χ1v) is 8.97. The van der Waals surface area contributed by atoms with Crippen LogP contribution in [-0.2, 0) is 17.8 Å². The van der Waals surface area contributed by atoms with Gasteiger partial charge in [0.15, 0.2) is 0 Å².